The molecular weight excluding hydrogens is 274 g/mol. The maximum atomic E-state index is 11.8. The lowest BCUT2D eigenvalue weighted by molar-refractivity contribution is -0.156. The van der Waals surface area contributed by atoms with Crippen LogP contribution in [0.5, 0.6) is 0 Å². The normalized spacial score (nSPS) is 26.9. The molecule has 2 aliphatic heterocycles. The maximum absolute atomic E-state index is 11.8. The number of aliphatic carboxylic acids is 1. The molecule has 104 valence electrons. The van der Waals surface area contributed by atoms with E-state index >= 15 is 0 Å². The van der Waals surface area contributed by atoms with E-state index in [9.17, 15) is 19.5 Å². The molecule has 3 atom stereocenters. The lowest BCUT2D eigenvalue weighted by Gasteiger charge is -2.43. The predicted octanol–water partition coefficient (Wildman–Crippen LogP) is -0.242. The van der Waals surface area contributed by atoms with Gasteiger partial charge < -0.3 is 14.9 Å². The number of rotatable bonds is 4. The van der Waals surface area contributed by atoms with Gasteiger partial charge in [0.25, 0.3) is 0 Å². The second-order valence-corrected chi connectivity index (χ2v) is 5.55. The Balaban J connectivity index is 2.21. The highest BCUT2D eigenvalue weighted by Crippen LogP contribution is 2.50. The third-order valence-electron chi connectivity index (χ3n) is 2.98. The number of hydrogen-bond acceptors (Lipinski definition) is 6. The van der Waals surface area contributed by atoms with Gasteiger partial charge in [0.2, 0.25) is 5.91 Å². The van der Waals surface area contributed by atoms with Gasteiger partial charge in [0.15, 0.2) is 0 Å². The van der Waals surface area contributed by atoms with Crippen molar-refractivity contribution in [1.29, 1.82) is 0 Å². The molecule has 1 fully saturated rings. The van der Waals surface area contributed by atoms with Crippen molar-refractivity contribution in [3.8, 4) is 0 Å². The highest BCUT2D eigenvalue weighted by atomic mass is 32.2. The van der Waals surface area contributed by atoms with Gasteiger partial charge in [-0.15, -0.1) is 0 Å². The number of aliphatic hydroxyl groups excluding tert-OH is 1. The number of aliphatic hydroxyl groups is 1. The third-order valence-corrected chi connectivity index (χ3v) is 4.32. The Labute approximate surface area is 113 Å². The first-order valence-corrected chi connectivity index (χ1v) is 6.50. The molecule has 0 aliphatic carbocycles. The summed E-state index contributed by atoms with van der Waals surface area (Å²) in [6.07, 6.45) is -0.843. The van der Waals surface area contributed by atoms with Crippen molar-refractivity contribution in [3.63, 3.8) is 0 Å². The highest BCUT2D eigenvalue weighted by Gasteiger charge is 2.57. The van der Waals surface area contributed by atoms with Gasteiger partial charge in [-0.05, 0) is 6.92 Å². The van der Waals surface area contributed by atoms with Crippen molar-refractivity contribution in [2.45, 2.75) is 25.3 Å². The average Bonchev–Trinajstić information content (AvgIpc) is 2.60. The molecule has 0 unspecified atom stereocenters. The monoisotopic (exact) mass is 287 g/mol. The van der Waals surface area contributed by atoms with E-state index in [1.807, 2.05) is 0 Å². The minimum Gasteiger partial charge on any atom is -0.477 e. The minimum absolute atomic E-state index is 0.154. The number of β-lactam (4-membered cyclic amide) rings is 1. The van der Waals surface area contributed by atoms with Gasteiger partial charge in [-0.25, -0.2) is 4.79 Å². The van der Waals surface area contributed by atoms with Crippen LogP contribution in [0.2, 0.25) is 0 Å². The van der Waals surface area contributed by atoms with Gasteiger partial charge in [0, 0.05) is 6.92 Å². The van der Waals surface area contributed by atoms with Crippen LogP contribution in [0, 0.1) is 5.92 Å². The van der Waals surface area contributed by atoms with Crippen LogP contribution >= 0.6 is 11.8 Å². The van der Waals surface area contributed by atoms with Crippen LogP contribution in [0.1, 0.15) is 13.8 Å². The molecule has 7 nitrogen and oxygen atoms in total. The second-order valence-electron chi connectivity index (χ2n) is 4.34. The van der Waals surface area contributed by atoms with E-state index in [2.05, 4.69) is 0 Å². The van der Waals surface area contributed by atoms with Crippen LogP contribution in [0.3, 0.4) is 0 Å². The van der Waals surface area contributed by atoms with Crippen LogP contribution in [0.4, 0.5) is 0 Å². The van der Waals surface area contributed by atoms with Crippen molar-refractivity contribution < 1.29 is 29.3 Å². The summed E-state index contributed by atoms with van der Waals surface area (Å²) in [6, 6.07) is 0. The Morgan fingerprint density at radius 2 is 2.16 bits per heavy atom. The molecule has 2 N–H and O–H groups in total. The standard InChI is InChI=1S/C11H13NO6S/c1-4(13)7-9(15)12-8(11(16)17)6(19-10(7)12)3-18-5(2)14/h4,7,10,13H,3H2,1-2H3,(H,16,17)/t4-,7-,10-/m1/s1. The summed E-state index contributed by atoms with van der Waals surface area (Å²) >= 11 is 1.15. The number of esters is 1. The number of hydrogen-bond donors (Lipinski definition) is 2. The fourth-order valence-corrected chi connectivity index (χ4v) is 3.64. The number of ether oxygens (including phenoxy) is 1. The van der Waals surface area contributed by atoms with Gasteiger partial charge >= 0.3 is 11.9 Å². The summed E-state index contributed by atoms with van der Waals surface area (Å²) in [5.41, 5.74) is -0.154. The number of amides is 1. The minimum atomic E-state index is -1.24. The van der Waals surface area contributed by atoms with Gasteiger partial charge in [-0.2, -0.15) is 0 Å². The molecule has 2 aliphatic rings. The molecule has 0 saturated carbocycles. The summed E-state index contributed by atoms with van der Waals surface area (Å²) in [6.45, 7) is 2.54. The second kappa shape index (κ2) is 4.86. The van der Waals surface area contributed by atoms with Crippen LogP contribution in [0.25, 0.3) is 0 Å². The number of carboxylic acids is 1. The van der Waals surface area contributed by atoms with Gasteiger partial charge in [0.05, 0.1) is 16.9 Å². The van der Waals surface area contributed by atoms with E-state index in [0.29, 0.717) is 4.91 Å². The summed E-state index contributed by atoms with van der Waals surface area (Å²) in [7, 11) is 0. The van der Waals surface area contributed by atoms with Crippen LogP contribution < -0.4 is 0 Å². The molecule has 1 amide bonds. The average molecular weight is 287 g/mol. The zero-order valence-corrected chi connectivity index (χ0v) is 11.1. The van der Waals surface area contributed by atoms with Gasteiger partial charge in [-0.3, -0.25) is 14.5 Å². The van der Waals surface area contributed by atoms with E-state index in [4.69, 9.17) is 9.84 Å². The van der Waals surface area contributed by atoms with Gasteiger partial charge in [0.1, 0.15) is 17.7 Å². The molecule has 0 aromatic heterocycles. The lowest BCUT2D eigenvalue weighted by Crippen LogP contribution is -2.60. The Kier molecular flexibility index (Phi) is 3.55. The topological polar surface area (TPSA) is 104 Å². The van der Waals surface area contributed by atoms with E-state index in [1.165, 1.54) is 13.8 Å². The number of carbonyl (C=O) groups is 3. The molecule has 8 heteroatoms. The molecule has 1 saturated heterocycles. The Hall–Kier alpha value is -1.54. The summed E-state index contributed by atoms with van der Waals surface area (Å²) in [4.78, 5) is 35.3. The number of carboxylic acid groups (broad SMARTS) is 1. The van der Waals surface area contributed by atoms with Crippen LogP contribution in [0.15, 0.2) is 10.6 Å². The first kappa shape index (κ1) is 13.9. The first-order valence-electron chi connectivity index (χ1n) is 5.62. The molecule has 0 spiro atoms. The molecule has 2 heterocycles. The Morgan fingerprint density at radius 1 is 1.53 bits per heavy atom. The number of thioether (sulfide) groups is 1. The fourth-order valence-electron chi connectivity index (χ4n) is 2.12. The molecule has 0 radical (unpaired) electrons. The molecule has 0 aromatic carbocycles. The SMILES string of the molecule is CC(=O)OCC1=C(C(=O)O)N2C(=O)[C@@H]([C@@H](C)O)[C@H]2S1. The maximum Gasteiger partial charge on any atom is 0.353 e. The van der Waals surface area contributed by atoms with Crippen molar-refractivity contribution in [2.75, 3.05) is 6.61 Å². The largest absolute Gasteiger partial charge is 0.477 e. The zero-order valence-electron chi connectivity index (χ0n) is 10.3. The van der Waals surface area contributed by atoms with Crippen LogP contribution in [-0.2, 0) is 19.1 Å². The van der Waals surface area contributed by atoms with E-state index in [0.717, 1.165) is 16.7 Å². The van der Waals surface area contributed by atoms with E-state index in [1.54, 1.807) is 0 Å². The lowest BCUT2D eigenvalue weighted by atomic mass is 9.92. The quantitative estimate of drug-likeness (QED) is 0.543. The van der Waals surface area contributed by atoms with Crippen LogP contribution in [-0.4, -0.2) is 51.0 Å². The number of nitrogens with zero attached hydrogens (tertiary/aromatic N) is 1. The van der Waals surface area contributed by atoms with Crippen molar-refractivity contribution in [2.24, 2.45) is 5.92 Å². The Bertz CT molecular complexity index is 486. The van der Waals surface area contributed by atoms with Crippen molar-refractivity contribution in [1.82, 2.24) is 4.90 Å². The van der Waals surface area contributed by atoms with E-state index in [-0.39, 0.29) is 12.3 Å². The molecular formula is C11H13NO6S. The number of fused-ring (bicyclic) bond motifs is 1. The fraction of sp³-hybridized carbons (Fsp3) is 0.545. The first-order chi connectivity index (χ1) is 8.84. The molecule has 19 heavy (non-hydrogen) atoms. The van der Waals surface area contributed by atoms with Crippen molar-refractivity contribution >= 4 is 29.6 Å². The summed E-state index contributed by atoms with van der Waals surface area (Å²) in [5.74, 6) is -2.79. The Morgan fingerprint density at radius 3 is 2.63 bits per heavy atom. The van der Waals surface area contributed by atoms with Crippen molar-refractivity contribution in [3.05, 3.63) is 10.6 Å². The number of carbonyl (C=O) groups excluding carboxylic acids is 2. The molecule has 2 rings (SSSR count). The van der Waals surface area contributed by atoms with Gasteiger partial charge in [-0.1, -0.05) is 11.8 Å². The van der Waals surface area contributed by atoms with E-state index < -0.39 is 35.2 Å². The predicted molar refractivity (Wildman–Crippen MR) is 64.7 cm³/mol. The smallest absolute Gasteiger partial charge is 0.353 e. The molecule has 0 bridgehead atoms. The summed E-state index contributed by atoms with van der Waals surface area (Å²) in [5, 5.41) is 18.2. The highest BCUT2D eigenvalue weighted by molar-refractivity contribution is 8.04. The zero-order chi connectivity index (χ0) is 14.3. The third kappa shape index (κ3) is 2.21. The summed E-state index contributed by atoms with van der Waals surface area (Å²) < 4.78 is 4.78. The molecule has 0 aromatic rings.